The molecule has 1 N–H and O–H groups in total. The maximum atomic E-state index is 13.0. The SMILES string of the molecule is Cc1cc(C(=O)N2CCCC(CCC(=O)O)C2)c(C)n1-c1nccs1. The van der Waals surface area contributed by atoms with Gasteiger partial charge in [-0.15, -0.1) is 11.3 Å². The van der Waals surface area contributed by atoms with Crippen molar-refractivity contribution in [3.8, 4) is 5.13 Å². The van der Waals surface area contributed by atoms with Crippen LogP contribution < -0.4 is 0 Å². The molecule has 1 amide bonds. The average Bonchev–Trinajstić information content (AvgIpc) is 3.20. The molecule has 0 saturated carbocycles. The Bertz CT molecular complexity index is 767. The second kappa shape index (κ2) is 7.39. The van der Waals surface area contributed by atoms with Crippen LogP contribution in [-0.4, -0.2) is 44.5 Å². The Kier molecular flexibility index (Phi) is 5.22. The largest absolute Gasteiger partial charge is 0.481 e. The molecule has 1 unspecified atom stereocenters. The first-order valence-electron chi connectivity index (χ1n) is 8.57. The van der Waals surface area contributed by atoms with Crippen LogP contribution in [0.3, 0.4) is 0 Å². The van der Waals surface area contributed by atoms with Crippen molar-refractivity contribution >= 4 is 23.2 Å². The fourth-order valence-corrected chi connectivity index (χ4v) is 4.33. The molecule has 0 spiro atoms. The first-order valence-corrected chi connectivity index (χ1v) is 9.45. The zero-order valence-corrected chi connectivity index (χ0v) is 15.4. The van der Waals surface area contributed by atoms with Crippen LogP contribution >= 0.6 is 11.3 Å². The normalized spacial score (nSPS) is 17.7. The van der Waals surface area contributed by atoms with Gasteiger partial charge in [-0.2, -0.15) is 0 Å². The summed E-state index contributed by atoms with van der Waals surface area (Å²) < 4.78 is 2.02. The van der Waals surface area contributed by atoms with E-state index in [2.05, 4.69) is 4.98 Å². The third-order valence-electron chi connectivity index (χ3n) is 4.84. The summed E-state index contributed by atoms with van der Waals surface area (Å²) in [4.78, 5) is 30.0. The topological polar surface area (TPSA) is 75.4 Å². The number of nitrogens with zero attached hydrogens (tertiary/aromatic N) is 3. The molecule has 2 aromatic heterocycles. The van der Waals surface area contributed by atoms with E-state index in [4.69, 9.17) is 5.11 Å². The van der Waals surface area contributed by atoms with E-state index in [0.29, 0.717) is 18.5 Å². The third-order valence-corrected chi connectivity index (χ3v) is 5.60. The fraction of sp³-hybridized carbons (Fsp3) is 0.500. The van der Waals surface area contributed by atoms with Gasteiger partial charge in [0.05, 0.1) is 5.56 Å². The van der Waals surface area contributed by atoms with Crippen LogP contribution in [0.1, 0.15) is 47.4 Å². The summed E-state index contributed by atoms with van der Waals surface area (Å²) in [6.45, 7) is 5.32. The second-order valence-corrected chi connectivity index (χ2v) is 7.50. The van der Waals surface area contributed by atoms with Crippen molar-refractivity contribution in [2.24, 2.45) is 5.92 Å². The van der Waals surface area contributed by atoms with Crippen molar-refractivity contribution in [3.63, 3.8) is 0 Å². The number of likely N-dealkylation sites (tertiary alicyclic amines) is 1. The molecule has 3 heterocycles. The van der Waals surface area contributed by atoms with E-state index in [9.17, 15) is 9.59 Å². The van der Waals surface area contributed by atoms with Gasteiger partial charge in [0.15, 0.2) is 5.13 Å². The lowest BCUT2D eigenvalue weighted by molar-refractivity contribution is -0.137. The average molecular weight is 361 g/mol. The van der Waals surface area contributed by atoms with Crippen molar-refractivity contribution in [2.75, 3.05) is 13.1 Å². The van der Waals surface area contributed by atoms with Crippen molar-refractivity contribution < 1.29 is 14.7 Å². The standard InChI is InChI=1S/C18H23N3O3S/c1-12-10-15(13(2)21(12)18-19-7-9-25-18)17(24)20-8-3-4-14(11-20)5-6-16(22)23/h7,9-10,14H,3-6,8,11H2,1-2H3,(H,22,23). The van der Waals surface area contributed by atoms with Crippen LogP contribution in [0.15, 0.2) is 17.6 Å². The Morgan fingerprint density at radius 2 is 2.20 bits per heavy atom. The lowest BCUT2D eigenvalue weighted by Crippen LogP contribution is -2.40. The van der Waals surface area contributed by atoms with Crippen molar-refractivity contribution in [3.05, 3.63) is 34.6 Å². The Hall–Kier alpha value is -2.15. The van der Waals surface area contributed by atoms with Crippen LogP contribution in [0.4, 0.5) is 0 Å². The summed E-state index contributed by atoms with van der Waals surface area (Å²) in [7, 11) is 0. The first kappa shape index (κ1) is 17.7. The summed E-state index contributed by atoms with van der Waals surface area (Å²) >= 11 is 1.55. The van der Waals surface area contributed by atoms with E-state index >= 15 is 0 Å². The second-order valence-electron chi connectivity index (χ2n) is 6.63. The number of carboxylic acid groups (broad SMARTS) is 1. The van der Waals surface area contributed by atoms with Crippen LogP contribution in [0.5, 0.6) is 0 Å². The number of carbonyl (C=O) groups excluding carboxylic acids is 1. The van der Waals surface area contributed by atoms with Crippen molar-refractivity contribution in [1.82, 2.24) is 14.5 Å². The van der Waals surface area contributed by atoms with Gasteiger partial charge in [-0.3, -0.25) is 14.2 Å². The summed E-state index contributed by atoms with van der Waals surface area (Å²) in [6.07, 6.45) is 4.50. The molecule has 2 aromatic rings. The van der Waals surface area contributed by atoms with Gasteiger partial charge >= 0.3 is 5.97 Å². The maximum absolute atomic E-state index is 13.0. The molecule has 134 valence electrons. The Morgan fingerprint density at radius 1 is 1.40 bits per heavy atom. The molecule has 3 rings (SSSR count). The fourth-order valence-electron chi connectivity index (χ4n) is 3.58. The molecule has 1 fully saturated rings. The van der Waals surface area contributed by atoms with Gasteiger partial charge in [0, 0.05) is 42.5 Å². The van der Waals surface area contributed by atoms with Gasteiger partial charge < -0.3 is 10.0 Å². The third kappa shape index (κ3) is 3.76. The van der Waals surface area contributed by atoms with Gasteiger partial charge in [0.2, 0.25) is 0 Å². The Morgan fingerprint density at radius 3 is 2.88 bits per heavy atom. The van der Waals surface area contributed by atoms with Crippen LogP contribution in [0, 0.1) is 19.8 Å². The summed E-state index contributed by atoms with van der Waals surface area (Å²) in [5, 5.41) is 11.7. The minimum Gasteiger partial charge on any atom is -0.481 e. The summed E-state index contributed by atoms with van der Waals surface area (Å²) in [5.41, 5.74) is 2.62. The summed E-state index contributed by atoms with van der Waals surface area (Å²) in [6, 6.07) is 1.93. The number of aliphatic carboxylic acids is 1. The van der Waals surface area contributed by atoms with Crippen molar-refractivity contribution in [1.29, 1.82) is 0 Å². The van der Waals surface area contributed by atoms with Gasteiger partial charge in [-0.1, -0.05) is 0 Å². The predicted octanol–water partition coefficient (Wildman–Crippen LogP) is 3.27. The molecule has 1 aliphatic rings. The van der Waals surface area contributed by atoms with Gasteiger partial charge in [-0.05, 0) is 45.1 Å². The minimum atomic E-state index is -0.768. The molecule has 1 aliphatic heterocycles. The zero-order chi connectivity index (χ0) is 18.0. The number of piperidine rings is 1. The van der Waals surface area contributed by atoms with Crippen LogP contribution in [-0.2, 0) is 4.79 Å². The molecule has 7 heteroatoms. The lowest BCUT2D eigenvalue weighted by Gasteiger charge is -2.32. The van der Waals surface area contributed by atoms with Gasteiger partial charge in [-0.25, -0.2) is 4.98 Å². The lowest BCUT2D eigenvalue weighted by atomic mass is 9.93. The first-order chi connectivity index (χ1) is 12.0. The number of hydrogen-bond donors (Lipinski definition) is 1. The Balaban J connectivity index is 1.77. The van der Waals surface area contributed by atoms with Gasteiger partial charge in [0.25, 0.3) is 5.91 Å². The number of thiazole rings is 1. The molecule has 1 atom stereocenters. The quantitative estimate of drug-likeness (QED) is 0.887. The number of aryl methyl sites for hydroxylation is 1. The number of amides is 1. The highest BCUT2D eigenvalue weighted by Gasteiger charge is 2.27. The Labute approximate surface area is 151 Å². The molecular weight excluding hydrogens is 338 g/mol. The van der Waals surface area contributed by atoms with E-state index in [1.165, 1.54) is 0 Å². The number of rotatable bonds is 5. The molecule has 6 nitrogen and oxygen atoms in total. The van der Waals surface area contributed by atoms with E-state index in [0.717, 1.165) is 35.9 Å². The van der Waals surface area contributed by atoms with E-state index in [1.54, 1.807) is 17.5 Å². The van der Waals surface area contributed by atoms with Crippen LogP contribution in [0.25, 0.3) is 5.13 Å². The van der Waals surface area contributed by atoms with Gasteiger partial charge in [0.1, 0.15) is 0 Å². The molecule has 0 bridgehead atoms. The number of carboxylic acids is 1. The minimum absolute atomic E-state index is 0.0379. The number of carbonyl (C=O) groups is 2. The van der Waals surface area contributed by atoms with E-state index in [1.807, 2.05) is 34.8 Å². The molecule has 25 heavy (non-hydrogen) atoms. The highest BCUT2D eigenvalue weighted by molar-refractivity contribution is 7.12. The highest BCUT2D eigenvalue weighted by Crippen LogP contribution is 2.26. The van der Waals surface area contributed by atoms with Crippen molar-refractivity contribution in [2.45, 2.75) is 39.5 Å². The predicted molar refractivity (Wildman–Crippen MR) is 96.4 cm³/mol. The molecule has 0 aromatic carbocycles. The molecule has 1 saturated heterocycles. The van der Waals surface area contributed by atoms with E-state index in [-0.39, 0.29) is 18.2 Å². The van der Waals surface area contributed by atoms with E-state index < -0.39 is 5.97 Å². The molecular formula is C18H23N3O3S. The summed E-state index contributed by atoms with van der Waals surface area (Å²) in [5.74, 6) is -0.456. The number of aromatic nitrogens is 2. The monoisotopic (exact) mass is 361 g/mol. The number of hydrogen-bond acceptors (Lipinski definition) is 4. The molecule has 0 aliphatic carbocycles. The smallest absolute Gasteiger partial charge is 0.303 e. The highest BCUT2D eigenvalue weighted by atomic mass is 32.1. The maximum Gasteiger partial charge on any atom is 0.303 e. The zero-order valence-electron chi connectivity index (χ0n) is 14.6. The van der Waals surface area contributed by atoms with Crippen LogP contribution in [0.2, 0.25) is 0 Å². The molecule has 0 radical (unpaired) electrons.